The summed E-state index contributed by atoms with van der Waals surface area (Å²) in [6, 6.07) is 12.9. The molecule has 3 aromatic rings. The minimum absolute atomic E-state index is 0.00169. The molecule has 2 aromatic carbocycles. The van der Waals surface area contributed by atoms with Crippen LogP contribution in [0.15, 0.2) is 64.1 Å². The van der Waals surface area contributed by atoms with Gasteiger partial charge in [0.25, 0.3) is 0 Å². The van der Waals surface area contributed by atoms with Crippen molar-refractivity contribution >= 4 is 26.6 Å². The molecule has 7 heteroatoms. The van der Waals surface area contributed by atoms with E-state index in [-0.39, 0.29) is 22.9 Å². The number of ketones is 1. The summed E-state index contributed by atoms with van der Waals surface area (Å²) >= 11 is 0. The first-order valence-electron chi connectivity index (χ1n) is 8.66. The van der Waals surface area contributed by atoms with Crippen LogP contribution in [-0.4, -0.2) is 26.8 Å². The van der Waals surface area contributed by atoms with Crippen molar-refractivity contribution in [3.8, 4) is 5.75 Å². The Morgan fingerprint density at radius 2 is 1.85 bits per heavy atom. The SMILES string of the molecule is CCOc1ccc(S(=O)(=O)NC(C)CC(=O)c2ccco2)c2ccccc12. The molecule has 0 aliphatic heterocycles. The van der Waals surface area contributed by atoms with Crippen molar-refractivity contribution in [2.24, 2.45) is 0 Å². The second-order valence-electron chi connectivity index (χ2n) is 6.17. The number of hydrogen-bond acceptors (Lipinski definition) is 5. The fourth-order valence-corrected chi connectivity index (χ4v) is 4.40. The summed E-state index contributed by atoms with van der Waals surface area (Å²) in [6.45, 7) is 4.01. The number of carbonyl (C=O) groups excluding carboxylic acids is 1. The number of ether oxygens (including phenoxy) is 1. The Hall–Kier alpha value is -2.64. The van der Waals surface area contributed by atoms with Crippen LogP contribution in [0.2, 0.25) is 0 Å². The number of sulfonamides is 1. The molecular formula is C20H21NO5S. The third-order valence-corrected chi connectivity index (χ3v) is 5.73. The zero-order valence-corrected chi connectivity index (χ0v) is 16.0. The van der Waals surface area contributed by atoms with Crippen molar-refractivity contribution in [1.82, 2.24) is 4.72 Å². The van der Waals surface area contributed by atoms with E-state index >= 15 is 0 Å². The Kier molecular flexibility index (Phi) is 5.62. The highest BCUT2D eigenvalue weighted by Crippen LogP contribution is 2.31. The summed E-state index contributed by atoms with van der Waals surface area (Å²) in [5, 5.41) is 1.29. The van der Waals surface area contributed by atoms with E-state index in [1.807, 2.05) is 19.1 Å². The Bertz CT molecular complexity index is 1040. The van der Waals surface area contributed by atoms with Crippen molar-refractivity contribution in [3.05, 3.63) is 60.6 Å². The summed E-state index contributed by atoms with van der Waals surface area (Å²) in [5.74, 6) is 0.590. The average Bonchev–Trinajstić information content (AvgIpc) is 3.16. The Labute approximate surface area is 158 Å². The van der Waals surface area contributed by atoms with Crippen LogP contribution in [0.5, 0.6) is 5.75 Å². The molecule has 27 heavy (non-hydrogen) atoms. The predicted molar refractivity (Wildman–Crippen MR) is 103 cm³/mol. The molecule has 0 fully saturated rings. The summed E-state index contributed by atoms with van der Waals surface area (Å²) in [6.07, 6.45) is 1.41. The molecular weight excluding hydrogens is 366 g/mol. The number of fused-ring (bicyclic) bond motifs is 1. The van der Waals surface area contributed by atoms with Crippen LogP contribution >= 0.6 is 0 Å². The summed E-state index contributed by atoms with van der Waals surface area (Å²) < 4.78 is 39.0. The zero-order chi connectivity index (χ0) is 19.4. The van der Waals surface area contributed by atoms with Crippen molar-refractivity contribution in [1.29, 1.82) is 0 Å². The maximum absolute atomic E-state index is 12.9. The fourth-order valence-electron chi connectivity index (χ4n) is 2.95. The molecule has 0 radical (unpaired) electrons. The molecule has 0 bridgehead atoms. The molecule has 1 aromatic heterocycles. The highest BCUT2D eigenvalue weighted by Gasteiger charge is 2.23. The van der Waals surface area contributed by atoms with Crippen LogP contribution in [-0.2, 0) is 10.0 Å². The lowest BCUT2D eigenvalue weighted by molar-refractivity contribution is 0.0948. The van der Waals surface area contributed by atoms with Gasteiger partial charge in [0.15, 0.2) is 11.5 Å². The molecule has 0 aliphatic rings. The predicted octanol–water partition coefficient (Wildman–Crippen LogP) is 3.77. The Morgan fingerprint density at radius 1 is 1.11 bits per heavy atom. The molecule has 0 saturated heterocycles. The highest BCUT2D eigenvalue weighted by molar-refractivity contribution is 7.89. The first kappa shape index (κ1) is 19.1. The van der Waals surface area contributed by atoms with Gasteiger partial charge in [0.2, 0.25) is 10.0 Å². The van der Waals surface area contributed by atoms with Gasteiger partial charge < -0.3 is 9.15 Å². The largest absolute Gasteiger partial charge is 0.493 e. The van der Waals surface area contributed by atoms with Crippen LogP contribution in [0.1, 0.15) is 30.8 Å². The van der Waals surface area contributed by atoms with Gasteiger partial charge in [-0.2, -0.15) is 0 Å². The number of benzene rings is 2. The molecule has 3 rings (SSSR count). The van der Waals surface area contributed by atoms with E-state index in [0.717, 1.165) is 5.39 Å². The molecule has 1 atom stereocenters. The first-order valence-corrected chi connectivity index (χ1v) is 10.1. The number of furan rings is 1. The van der Waals surface area contributed by atoms with E-state index in [4.69, 9.17) is 9.15 Å². The zero-order valence-electron chi connectivity index (χ0n) is 15.1. The van der Waals surface area contributed by atoms with E-state index in [1.54, 1.807) is 37.3 Å². The molecule has 0 aliphatic carbocycles. The maximum atomic E-state index is 12.9. The van der Waals surface area contributed by atoms with Crippen LogP contribution in [0.4, 0.5) is 0 Å². The lowest BCUT2D eigenvalue weighted by atomic mass is 10.1. The minimum atomic E-state index is -3.82. The van der Waals surface area contributed by atoms with Crippen molar-refractivity contribution in [3.63, 3.8) is 0 Å². The van der Waals surface area contributed by atoms with E-state index in [0.29, 0.717) is 17.7 Å². The monoisotopic (exact) mass is 387 g/mol. The van der Waals surface area contributed by atoms with Gasteiger partial charge in [0, 0.05) is 23.2 Å². The fraction of sp³-hybridized carbons (Fsp3) is 0.250. The Balaban J connectivity index is 1.86. The van der Waals surface area contributed by atoms with E-state index in [1.165, 1.54) is 12.3 Å². The van der Waals surface area contributed by atoms with E-state index in [2.05, 4.69) is 4.72 Å². The summed E-state index contributed by atoms with van der Waals surface area (Å²) in [5.41, 5.74) is 0. The third kappa shape index (κ3) is 4.20. The summed E-state index contributed by atoms with van der Waals surface area (Å²) in [7, 11) is -3.82. The highest BCUT2D eigenvalue weighted by atomic mass is 32.2. The van der Waals surface area contributed by atoms with Gasteiger partial charge in [0.1, 0.15) is 5.75 Å². The van der Waals surface area contributed by atoms with Crippen molar-refractivity contribution in [2.45, 2.75) is 31.2 Å². The second kappa shape index (κ2) is 7.94. The topological polar surface area (TPSA) is 85.6 Å². The third-order valence-electron chi connectivity index (χ3n) is 4.08. The summed E-state index contributed by atoms with van der Waals surface area (Å²) in [4.78, 5) is 12.3. The molecule has 1 heterocycles. The van der Waals surface area contributed by atoms with Crippen molar-refractivity contribution < 1.29 is 22.4 Å². The molecule has 0 saturated carbocycles. The Morgan fingerprint density at radius 3 is 2.52 bits per heavy atom. The number of hydrogen-bond donors (Lipinski definition) is 1. The van der Waals surface area contributed by atoms with Gasteiger partial charge >= 0.3 is 0 Å². The standard InChI is InChI=1S/C20H21NO5S/c1-3-25-18-10-11-20(16-8-5-4-7-15(16)18)27(23,24)21-14(2)13-17(22)19-9-6-12-26-19/h4-12,14,21H,3,13H2,1-2H3. The number of nitrogens with one attached hydrogen (secondary N) is 1. The van der Waals surface area contributed by atoms with Crippen LogP contribution in [0.3, 0.4) is 0 Å². The first-order chi connectivity index (χ1) is 12.9. The molecule has 0 spiro atoms. The average molecular weight is 387 g/mol. The van der Waals surface area contributed by atoms with Crippen molar-refractivity contribution in [2.75, 3.05) is 6.61 Å². The molecule has 0 amide bonds. The maximum Gasteiger partial charge on any atom is 0.241 e. The smallest absolute Gasteiger partial charge is 0.241 e. The van der Waals surface area contributed by atoms with E-state index < -0.39 is 16.1 Å². The lowest BCUT2D eigenvalue weighted by Gasteiger charge is -2.16. The van der Waals surface area contributed by atoms with Crippen LogP contribution in [0, 0.1) is 0 Å². The van der Waals surface area contributed by atoms with E-state index in [9.17, 15) is 13.2 Å². The molecule has 142 valence electrons. The quantitative estimate of drug-likeness (QED) is 0.595. The molecule has 1 unspecified atom stereocenters. The van der Waals surface area contributed by atoms with Gasteiger partial charge in [-0.15, -0.1) is 0 Å². The van der Waals surface area contributed by atoms with Crippen LogP contribution in [0.25, 0.3) is 10.8 Å². The number of carbonyl (C=O) groups is 1. The number of rotatable bonds is 8. The van der Waals surface area contributed by atoms with Gasteiger partial charge in [-0.25, -0.2) is 13.1 Å². The van der Waals surface area contributed by atoms with Gasteiger partial charge in [-0.1, -0.05) is 24.3 Å². The minimum Gasteiger partial charge on any atom is -0.493 e. The van der Waals surface area contributed by atoms with Gasteiger partial charge in [-0.3, -0.25) is 4.79 Å². The lowest BCUT2D eigenvalue weighted by Crippen LogP contribution is -2.34. The van der Waals surface area contributed by atoms with Gasteiger partial charge in [-0.05, 0) is 38.1 Å². The second-order valence-corrected chi connectivity index (χ2v) is 7.85. The van der Waals surface area contributed by atoms with Gasteiger partial charge in [0.05, 0.1) is 17.8 Å². The molecule has 6 nitrogen and oxygen atoms in total. The number of Topliss-reactive ketones (excluding diaryl/α,β-unsaturated/α-hetero) is 1. The normalized spacial score (nSPS) is 12.8. The molecule has 1 N–H and O–H groups in total. The van der Waals surface area contributed by atoms with Crippen LogP contribution < -0.4 is 9.46 Å².